The molecular formula is C39H48N6O8S. The highest BCUT2D eigenvalue weighted by molar-refractivity contribution is 7.91. The largest absolute Gasteiger partial charge is 0.472 e. The van der Waals surface area contributed by atoms with Crippen LogP contribution in [0.25, 0.3) is 22.3 Å². The Kier molecular flexibility index (Phi) is 10.2. The van der Waals surface area contributed by atoms with Gasteiger partial charge < -0.3 is 25.0 Å². The Hall–Kier alpha value is -5.05. The second-order valence-corrected chi connectivity index (χ2v) is 18.3. The van der Waals surface area contributed by atoms with Crippen LogP contribution in [0.15, 0.2) is 67.3 Å². The Morgan fingerprint density at radius 2 is 1.65 bits per heavy atom. The van der Waals surface area contributed by atoms with Crippen LogP contribution in [0, 0.1) is 11.3 Å². The minimum atomic E-state index is -3.91. The Balaban J connectivity index is 1.33. The first-order valence-electron chi connectivity index (χ1n) is 18.1. The number of hydrogen-bond donors (Lipinski definition) is 3. The molecule has 2 aromatic carbocycles. The molecule has 3 fully saturated rings. The number of rotatable bonds is 11. The van der Waals surface area contributed by atoms with E-state index in [9.17, 15) is 27.6 Å². The third-order valence-corrected chi connectivity index (χ3v) is 11.6. The summed E-state index contributed by atoms with van der Waals surface area (Å²) in [6, 6.07) is 14.4. The van der Waals surface area contributed by atoms with Crippen molar-refractivity contribution in [2.75, 3.05) is 6.54 Å². The van der Waals surface area contributed by atoms with Crippen LogP contribution >= 0.6 is 0 Å². The summed E-state index contributed by atoms with van der Waals surface area (Å²) in [6.07, 6.45) is 0.971. The number of likely N-dealkylation sites (tertiary alicyclic amines) is 1. The zero-order chi connectivity index (χ0) is 39.2. The van der Waals surface area contributed by atoms with Gasteiger partial charge in [-0.15, -0.1) is 6.58 Å². The monoisotopic (exact) mass is 760 g/mol. The predicted molar refractivity (Wildman–Crippen MR) is 201 cm³/mol. The van der Waals surface area contributed by atoms with Gasteiger partial charge in [-0.05, 0) is 57.6 Å². The van der Waals surface area contributed by atoms with Crippen molar-refractivity contribution in [1.29, 1.82) is 0 Å². The number of alkyl carbamates (subject to hydrolysis) is 1. The van der Waals surface area contributed by atoms with Crippen molar-refractivity contribution >= 4 is 44.7 Å². The van der Waals surface area contributed by atoms with Gasteiger partial charge in [0.1, 0.15) is 29.3 Å². The standard InChI is InChI=1S/C39H48N6O8S/c1-8-24-21-39(24,35(48)44-54(50,51)26-18-19-26)43-32(46)29-20-25(22-45(29)34(47)30(37(2,3)4)41-36(49)53-38(5,6)7)52-33-27-16-12-13-17-28(27)40-31(42-33)23-14-10-9-11-15-23/h8-17,24-26,29-30H,1,18-22H2,2-7H3,(H,41,49)(H,43,46)(H,44,48)/t24?,25?,29?,30-,39?/m1/s1. The molecule has 0 radical (unpaired) electrons. The Labute approximate surface area is 315 Å². The first-order chi connectivity index (χ1) is 25.3. The second-order valence-electron chi connectivity index (χ2n) is 16.3. The molecular weight excluding hydrogens is 713 g/mol. The van der Waals surface area contributed by atoms with Gasteiger partial charge in [0.15, 0.2) is 5.82 Å². The van der Waals surface area contributed by atoms with Crippen LogP contribution in [-0.4, -0.2) is 88.2 Å². The molecule has 6 rings (SSSR count). The minimum absolute atomic E-state index is 0.00327. The minimum Gasteiger partial charge on any atom is -0.472 e. The summed E-state index contributed by atoms with van der Waals surface area (Å²) in [4.78, 5) is 66.3. The third kappa shape index (κ3) is 8.35. The fourth-order valence-electron chi connectivity index (χ4n) is 6.65. The summed E-state index contributed by atoms with van der Waals surface area (Å²) in [5.41, 5.74) is -1.83. The average molecular weight is 761 g/mol. The van der Waals surface area contributed by atoms with Gasteiger partial charge in [0.2, 0.25) is 27.7 Å². The molecule has 4 unspecified atom stereocenters. The average Bonchev–Trinajstić information content (AvgIpc) is 4.03. The molecule has 2 aliphatic carbocycles. The first-order valence-corrected chi connectivity index (χ1v) is 19.7. The van der Waals surface area contributed by atoms with Gasteiger partial charge in [-0.3, -0.25) is 19.1 Å². The molecule has 5 atom stereocenters. The fourth-order valence-corrected chi connectivity index (χ4v) is 8.01. The maximum absolute atomic E-state index is 14.6. The summed E-state index contributed by atoms with van der Waals surface area (Å²) >= 11 is 0. The van der Waals surface area contributed by atoms with Gasteiger partial charge in [-0.25, -0.2) is 18.2 Å². The maximum atomic E-state index is 14.6. The predicted octanol–water partition coefficient (Wildman–Crippen LogP) is 4.25. The van der Waals surface area contributed by atoms with E-state index in [2.05, 4.69) is 21.9 Å². The summed E-state index contributed by atoms with van der Waals surface area (Å²) in [7, 11) is -3.91. The zero-order valence-corrected chi connectivity index (χ0v) is 32.2. The van der Waals surface area contributed by atoms with Gasteiger partial charge >= 0.3 is 6.09 Å². The van der Waals surface area contributed by atoms with E-state index in [0.29, 0.717) is 29.6 Å². The van der Waals surface area contributed by atoms with Gasteiger partial charge in [0, 0.05) is 17.9 Å². The second kappa shape index (κ2) is 14.3. The SMILES string of the molecule is C=CC1CC1(NC(=O)C1CC(Oc2nc(-c3ccccc3)nc3ccccc23)CN1C(=O)[C@@H](NC(=O)OC(C)(C)C)C(C)(C)C)C(=O)NS(=O)(=O)C1CC1. The molecule has 3 N–H and O–H groups in total. The highest BCUT2D eigenvalue weighted by atomic mass is 32.2. The number of nitrogens with zero attached hydrogens (tertiary/aromatic N) is 3. The van der Waals surface area contributed by atoms with Crippen molar-refractivity contribution < 1.29 is 37.1 Å². The molecule has 54 heavy (non-hydrogen) atoms. The highest BCUT2D eigenvalue weighted by Gasteiger charge is 2.62. The van der Waals surface area contributed by atoms with Crippen LogP contribution in [-0.2, 0) is 29.1 Å². The van der Waals surface area contributed by atoms with Crippen LogP contribution in [0.3, 0.4) is 0 Å². The lowest BCUT2D eigenvalue weighted by atomic mass is 9.85. The third-order valence-electron chi connectivity index (χ3n) is 9.75. The molecule has 14 nitrogen and oxygen atoms in total. The Morgan fingerprint density at radius 1 is 0.981 bits per heavy atom. The highest BCUT2D eigenvalue weighted by Crippen LogP contribution is 2.45. The molecule has 1 saturated heterocycles. The van der Waals surface area contributed by atoms with Crippen LogP contribution in [0.2, 0.25) is 0 Å². The summed E-state index contributed by atoms with van der Waals surface area (Å²) in [5.74, 6) is -1.95. The van der Waals surface area contributed by atoms with Gasteiger partial charge in [0.05, 0.1) is 22.7 Å². The number of sulfonamides is 1. The van der Waals surface area contributed by atoms with Crippen molar-refractivity contribution in [3.63, 3.8) is 0 Å². The molecule has 2 heterocycles. The normalized spacial score (nSPS) is 23.2. The molecule has 3 aliphatic rings. The van der Waals surface area contributed by atoms with E-state index in [1.165, 1.54) is 11.0 Å². The van der Waals surface area contributed by atoms with Crippen LogP contribution in [0.4, 0.5) is 4.79 Å². The molecule has 15 heteroatoms. The van der Waals surface area contributed by atoms with E-state index >= 15 is 0 Å². The lowest BCUT2D eigenvalue weighted by Crippen LogP contribution is -2.60. The van der Waals surface area contributed by atoms with Gasteiger partial charge in [0.25, 0.3) is 5.91 Å². The molecule has 288 valence electrons. The van der Waals surface area contributed by atoms with Gasteiger partial charge in [-0.2, -0.15) is 4.98 Å². The molecule has 1 aromatic heterocycles. The molecule has 0 bridgehead atoms. The zero-order valence-electron chi connectivity index (χ0n) is 31.4. The van der Waals surface area contributed by atoms with E-state index < -0.39 is 79.7 Å². The molecule has 4 amide bonds. The van der Waals surface area contributed by atoms with Crippen molar-refractivity contribution in [2.45, 2.75) is 102 Å². The maximum Gasteiger partial charge on any atom is 0.408 e. The number of para-hydroxylation sites is 1. The number of carbonyl (C=O) groups is 4. The number of nitrogens with one attached hydrogen (secondary N) is 3. The Morgan fingerprint density at radius 3 is 2.26 bits per heavy atom. The molecule has 3 aromatic rings. The number of aromatic nitrogens is 2. The van der Waals surface area contributed by atoms with E-state index in [1.54, 1.807) is 41.5 Å². The van der Waals surface area contributed by atoms with Crippen molar-refractivity contribution in [3.05, 3.63) is 67.3 Å². The lowest BCUT2D eigenvalue weighted by Gasteiger charge is -2.36. The Bertz CT molecular complexity index is 2080. The molecule has 0 spiro atoms. The number of benzene rings is 2. The van der Waals surface area contributed by atoms with E-state index in [1.807, 2.05) is 54.6 Å². The van der Waals surface area contributed by atoms with Crippen LogP contribution in [0.5, 0.6) is 5.88 Å². The quantitative estimate of drug-likeness (QED) is 0.239. The van der Waals surface area contributed by atoms with Crippen LogP contribution in [0.1, 0.15) is 67.2 Å². The van der Waals surface area contributed by atoms with E-state index in [-0.39, 0.29) is 25.3 Å². The smallest absolute Gasteiger partial charge is 0.408 e. The number of carbonyl (C=O) groups excluding carboxylic acids is 4. The number of ether oxygens (including phenoxy) is 2. The van der Waals surface area contributed by atoms with E-state index in [4.69, 9.17) is 19.4 Å². The lowest BCUT2D eigenvalue weighted by molar-refractivity contribution is -0.143. The summed E-state index contributed by atoms with van der Waals surface area (Å²) in [6.45, 7) is 14.2. The first kappa shape index (κ1) is 38.7. The molecule has 2 saturated carbocycles. The fraction of sp³-hybridized carbons (Fsp3) is 0.487. The summed E-state index contributed by atoms with van der Waals surface area (Å²) in [5, 5.41) is 5.49. The number of hydrogen-bond acceptors (Lipinski definition) is 10. The molecule has 1 aliphatic heterocycles. The van der Waals surface area contributed by atoms with Crippen molar-refractivity contribution in [2.24, 2.45) is 11.3 Å². The number of amides is 4. The topological polar surface area (TPSA) is 186 Å². The van der Waals surface area contributed by atoms with Crippen molar-refractivity contribution in [3.8, 4) is 17.3 Å². The van der Waals surface area contributed by atoms with Crippen molar-refractivity contribution in [1.82, 2.24) is 30.2 Å². The number of fused-ring (bicyclic) bond motifs is 1. The van der Waals surface area contributed by atoms with E-state index in [0.717, 1.165) is 5.56 Å². The summed E-state index contributed by atoms with van der Waals surface area (Å²) < 4.78 is 39.6. The van der Waals surface area contributed by atoms with Crippen LogP contribution < -0.4 is 20.1 Å². The van der Waals surface area contributed by atoms with Gasteiger partial charge in [-0.1, -0.05) is 69.3 Å².